The number of hydrogen-bond acceptors (Lipinski definition) is 8. The van der Waals surface area contributed by atoms with E-state index in [1.54, 1.807) is 17.8 Å². The Morgan fingerprint density at radius 2 is 2.17 bits per heavy atom. The van der Waals surface area contributed by atoms with E-state index >= 15 is 0 Å². The lowest BCUT2D eigenvalue weighted by molar-refractivity contribution is 0.0661. The van der Waals surface area contributed by atoms with Crippen molar-refractivity contribution in [1.82, 2.24) is 19.9 Å². The number of hydrogen-bond donors (Lipinski definition) is 2. The van der Waals surface area contributed by atoms with Gasteiger partial charge in [-0.25, -0.2) is 9.78 Å². The minimum Gasteiger partial charge on any atom is -0.487 e. The van der Waals surface area contributed by atoms with Gasteiger partial charge >= 0.3 is 5.69 Å². The third kappa shape index (κ3) is 5.16. The van der Waals surface area contributed by atoms with Gasteiger partial charge in [0.05, 0.1) is 23.2 Å². The first-order valence-electron chi connectivity index (χ1n) is 12.1. The molecule has 3 aromatic rings. The summed E-state index contributed by atoms with van der Waals surface area (Å²) in [5.41, 5.74) is 4.74. The maximum absolute atomic E-state index is 12.6. The molecule has 186 valence electrons. The zero-order valence-electron chi connectivity index (χ0n) is 20.2. The summed E-state index contributed by atoms with van der Waals surface area (Å²) in [5, 5.41) is 10.5. The molecule has 5 rings (SSSR count). The molecule has 0 radical (unpaired) electrons. The fraction of sp³-hybridized carbons (Fsp3) is 0.333. The van der Waals surface area contributed by atoms with Gasteiger partial charge in [0.25, 0.3) is 0 Å². The fourth-order valence-corrected chi connectivity index (χ4v) is 4.52. The quantitative estimate of drug-likeness (QED) is 0.446. The molecule has 4 heterocycles. The topological polar surface area (TPSA) is 111 Å². The highest BCUT2D eigenvalue weighted by Crippen LogP contribution is 2.32. The van der Waals surface area contributed by atoms with Gasteiger partial charge < -0.3 is 24.9 Å². The third-order valence-electron chi connectivity index (χ3n) is 6.33. The van der Waals surface area contributed by atoms with E-state index < -0.39 is 0 Å². The average Bonchev–Trinajstić information content (AvgIpc) is 3.43. The summed E-state index contributed by atoms with van der Waals surface area (Å²) in [6.07, 6.45) is 5.77. The number of ether oxygens (including phenoxy) is 3. The van der Waals surface area contributed by atoms with E-state index in [4.69, 9.17) is 19.6 Å². The molecule has 1 fully saturated rings. The number of aryl methyl sites for hydroxylation is 1. The lowest BCUT2D eigenvalue weighted by Crippen LogP contribution is -2.29. The van der Waals surface area contributed by atoms with Crippen molar-refractivity contribution in [3.8, 4) is 22.9 Å². The molecule has 2 aliphatic rings. The molecule has 2 aromatic heterocycles. The minimum atomic E-state index is -0.302. The van der Waals surface area contributed by atoms with Crippen LogP contribution in [0.1, 0.15) is 29.8 Å². The summed E-state index contributed by atoms with van der Waals surface area (Å²) in [6.45, 7) is 2.01. The predicted octanol–water partition coefficient (Wildman–Crippen LogP) is 3.21. The first-order valence-corrected chi connectivity index (χ1v) is 12.1. The Labute approximate surface area is 209 Å². The molecule has 1 atom stereocenters. The van der Waals surface area contributed by atoms with Crippen LogP contribution in [0.4, 0.5) is 0 Å². The number of allylic oxidation sites excluding steroid dienone is 1. The van der Waals surface area contributed by atoms with Crippen molar-refractivity contribution in [2.75, 3.05) is 20.3 Å². The number of benzene rings is 1. The van der Waals surface area contributed by atoms with E-state index in [1.807, 2.05) is 42.5 Å². The number of aromatic nitrogens is 3. The highest BCUT2D eigenvalue weighted by atomic mass is 16.5. The Balaban J connectivity index is 1.32. The molecular formula is C27H29N5O4. The summed E-state index contributed by atoms with van der Waals surface area (Å²) in [6, 6.07) is 13.4. The molecule has 0 aliphatic carbocycles. The Bertz CT molecular complexity index is 1340. The van der Waals surface area contributed by atoms with Crippen LogP contribution in [0, 0.1) is 5.41 Å². The second-order valence-corrected chi connectivity index (χ2v) is 8.76. The van der Waals surface area contributed by atoms with Gasteiger partial charge in [-0.2, -0.15) is 4.98 Å². The fourth-order valence-electron chi connectivity index (χ4n) is 4.52. The van der Waals surface area contributed by atoms with Crippen LogP contribution in [0.5, 0.6) is 11.6 Å². The number of nitrogens with one attached hydrogen (secondary N) is 2. The highest BCUT2D eigenvalue weighted by molar-refractivity contribution is 6.07. The molecule has 1 unspecified atom stereocenters. The summed E-state index contributed by atoms with van der Waals surface area (Å²) < 4.78 is 19.2. The van der Waals surface area contributed by atoms with Gasteiger partial charge in [-0.1, -0.05) is 6.07 Å². The van der Waals surface area contributed by atoms with E-state index in [1.165, 1.54) is 6.21 Å². The van der Waals surface area contributed by atoms with Crippen molar-refractivity contribution in [1.29, 1.82) is 5.41 Å². The van der Waals surface area contributed by atoms with Gasteiger partial charge in [0, 0.05) is 49.8 Å². The van der Waals surface area contributed by atoms with E-state index in [2.05, 4.69) is 15.3 Å². The number of nitrogens with zero attached hydrogens (tertiary/aromatic N) is 3. The number of fused-ring (bicyclic) bond motifs is 3. The second-order valence-electron chi connectivity index (χ2n) is 8.76. The second kappa shape index (κ2) is 10.7. The lowest BCUT2D eigenvalue weighted by Gasteiger charge is -2.22. The largest absolute Gasteiger partial charge is 0.487 e. The summed E-state index contributed by atoms with van der Waals surface area (Å²) in [5.74, 6) is 1.07. The smallest absolute Gasteiger partial charge is 0.351 e. The summed E-state index contributed by atoms with van der Waals surface area (Å²) in [7, 11) is 1.79. The van der Waals surface area contributed by atoms with Crippen LogP contribution in [0.25, 0.3) is 16.8 Å². The maximum Gasteiger partial charge on any atom is 0.351 e. The standard InChI is InChI=1S/C27H29N5O4/c1-29-15-19(14-28)24-6-2-4-20(30-24)16-35-21-7-8-23-18(12-21)9-10-32-25(23)13-26(31-27(32)33)36-17-22-5-3-11-34-22/h2,4,6-8,12-15,22,28-29H,3,5,9-11,16-17H2,1H3/b19-15+,28-14?. The Morgan fingerprint density at radius 1 is 1.25 bits per heavy atom. The molecule has 9 nitrogen and oxygen atoms in total. The normalized spacial score (nSPS) is 16.7. The van der Waals surface area contributed by atoms with Crippen LogP contribution in [0.15, 0.2) is 53.5 Å². The van der Waals surface area contributed by atoms with Gasteiger partial charge in [0.1, 0.15) is 19.0 Å². The molecule has 1 aromatic carbocycles. The van der Waals surface area contributed by atoms with Crippen LogP contribution in [-0.4, -0.2) is 47.1 Å². The van der Waals surface area contributed by atoms with Crippen molar-refractivity contribution in [3.05, 3.63) is 76.1 Å². The van der Waals surface area contributed by atoms with Gasteiger partial charge in [-0.05, 0) is 55.2 Å². The Kier molecular flexibility index (Phi) is 7.08. The van der Waals surface area contributed by atoms with Crippen molar-refractivity contribution in [2.45, 2.75) is 38.5 Å². The molecule has 9 heteroatoms. The minimum absolute atomic E-state index is 0.0591. The molecular weight excluding hydrogens is 458 g/mol. The molecule has 0 spiro atoms. The Morgan fingerprint density at radius 3 is 2.97 bits per heavy atom. The average molecular weight is 488 g/mol. The number of pyridine rings is 1. The molecule has 0 amide bonds. The number of rotatable bonds is 9. The van der Waals surface area contributed by atoms with Gasteiger partial charge in [0.15, 0.2) is 0 Å². The molecule has 2 N–H and O–H groups in total. The van der Waals surface area contributed by atoms with Crippen molar-refractivity contribution in [2.24, 2.45) is 0 Å². The van der Waals surface area contributed by atoms with Crippen molar-refractivity contribution >= 4 is 11.8 Å². The van der Waals surface area contributed by atoms with E-state index in [9.17, 15) is 4.79 Å². The van der Waals surface area contributed by atoms with Crippen molar-refractivity contribution < 1.29 is 14.2 Å². The van der Waals surface area contributed by atoms with Gasteiger partial charge in [0.2, 0.25) is 5.88 Å². The first kappa shape index (κ1) is 23.7. The molecule has 1 saturated heterocycles. The van der Waals surface area contributed by atoms with Gasteiger partial charge in [-0.3, -0.25) is 4.57 Å². The summed E-state index contributed by atoms with van der Waals surface area (Å²) >= 11 is 0. The monoisotopic (exact) mass is 487 g/mol. The highest BCUT2D eigenvalue weighted by Gasteiger charge is 2.21. The van der Waals surface area contributed by atoms with Crippen LogP contribution >= 0.6 is 0 Å². The summed E-state index contributed by atoms with van der Waals surface area (Å²) in [4.78, 5) is 21.4. The third-order valence-corrected chi connectivity index (χ3v) is 6.33. The van der Waals surface area contributed by atoms with Crippen LogP contribution < -0.4 is 20.5 Å². The molecule has 36 heavy (non-hydrogen) atoms. The predicted molar refractivity (Wildman–Crippen MR) is 136 cm³/mol. The molecule has 2 aliphatic heterocycles. The Hall–Kier alpha value is -3.98. The van der Waals surface area contributed by atoms with Gasteiger partial charge in [-0.15, -0.1) is 0 Å². The SMILES string of the molecule is CN/C=C(\C=N)c1cccc(COc2ccc3c(c2)CCn2c-3cc(OCC3CCCO3)nc2=O)n1. The first-order chi connectivity index (χ1) is 17.6. The van der Waals surface area contributed by atoms with E-state index in [0.29, 0.717) is 43.3 Å². The van der Waals surface area contributed by atoms with E-state index in [-0.39, 0.29) is 11.8 Å². The molecule has 0 bridgehead atoms. The zero-order chi connectivity index (χ0) is 24.9. The van der Waals surface area contributed by atoms with E-state index in [0.717, 1.165) is 47.7 Å². The van der Waals surface area contributed by atoms with Crippen molar-refractivity contribution in [3.63, 3.8) is 0 Å². The lowest BCUT2D eigenvalue weighted by atomic mass is 9.97. The molecule has 0 saturated carbocycles. The zero-order valence-corrected chi connectivity index (χ0v) is 20.2. The van der Waals surface area contributed by atoms with Crippen LogP contribution in [-0.2, 0) is 24.3 Å². The maximum atomic E-state index is 12.6. The van der Waals surface area contributed by atoms with Crippen LogP contribution in [0.2, 0.25) is 0 Å². The van der Waals surface area contributed by atoms with Crippen LogP contribution in [0.3, 0.4) is 0 Å².